The maximum Gasteiger partial charge on any atom is 0.460 e. The van der Waals surface area contributed by atoms with Gasteiger partial charge in [-0.25, -0.2) is 4.39 Å². The minimum absolute atomic E-state index is 0.0693. The molecule has 0 aromatic heterocycles. The molecule has 0 saturated heterocycles. The predicted molar refractivity (Wildman–Crippen MR) is 78.4 cm³/mol. The van der Waals surface area contributed by atoms with Crippen LogP contribution in [0.2, 0.25) is 0 Å². The Labute approximate surface area is 157 Å². The molecule has 1 fully saturated rings. The molecule has 2 rings (SSSR count). The molecule has 1 aromatic rings. The minimum Gasteiger partial charge on any atom is -0.426 e. The van der Waals surface area contributed by atoms with Crippen molar-refractivity contribution in [2.24, 2.45) is 11.8 Å². The van der Waals surface area contributed by atoms with Crippen LogP contribution >= 0.6 is 0 Å². The summed E-state index contributed by atoms with van der Waals surface area (Å²) in [7, 11) is 0. The highest BCUT2D eigenvalue weighted by Crippen LogP contribution is 2.57. The second-order valence-electron chi connectivity index (χ2n) is 6.69. The topological polar surface area (TPSA) is 26.3 Å². The van der Waals surface area contributed by atoms with Crippen molar-refractivity contribution in [3.63, 3.8) is 0 Å². The summed E-state index contributed by atoms with van der Waals surface area (Å²) in [5, 5.41) is 0. The molecule has 164 valence electrons. The molecule has 29 heavy (non-hydrogen) atoms. The Hall–Kier alpha value is -2.01. The molecule has 1 aromatic carbocycles. The first-order valence-electron chi connectivity index (χ1n) is 8.28. The summed E-state index contributed by atoms with van der Waals surface area (Å²) >= 11 is 0. The fraction of sp³-hybridized carbons (Fsp3) is 0.588. The molecule has 0 spiro atoms. The van der Waals surface area contributed by atoms with Crippen molar-refractivity contribution in [3.05, 3.63) is 30.1 Å². The molecule has 0 bridgehead atoms. The quantitative estimate of drug-likeness (QED) is 0.319. The van der Waals surface area contributed by atoms with Gasteiger partial charge in [-0.3, -0.25) is 4.79 Å². The van der Waals surface area contributed by atoms with Gasteiger partial charge in [0.05, 0.1) is 5.92 Å². The monoisotopic (exact) mass is 440 g/mol. The third kappa shape index (κ3) is 4.30. The van der Waals surface area contributed by atoms with Gasteiger partial charge in [0.2, 0.25) is 0 Å². The third-order valence-corrected chi connectivity index (χ3v) is 4.77. The maximum absolute atomic E-state index is 13.9. The highest BCUT2D eigenvalue weighted by molar-refractivity contribution is 5.75. The van der Waals surface area contributed by atoms with Crippen LogP contribution in [0.4, 0.5) is 43.9 Å². The second-order valence-corrected chi connectivity index (χ2v) is 6.69. The smallest absolute Gasteiger partial charge is 0.426 e. The molecule has 0 N–H and O–H groups in total. The lowest BCUT2D eigenvalue weighted by atomic mass is 9.76. The molecule has 1 aliphatic carbocycles. The van der Waals surface area contributed by atoms with Gasteiger partial charge in [-0.05, 0) is 49.9 Å². The minimum atomic E-state index is -6.93. The number of hydrogen-bond donors (Lipinski definition) is 0. The van der Waals surface area contributed by atoms with E-state index in [1.165, 1.54) is 0 Å². The van der Waals surface area contributed by atoms with E-state index in [1.807, 2.05) is 0 Å². The standard InChI is InChI=1S/C17H14F10O2/c18-11-5-7-12(8-6-11)29-13(28)9-1-3-10(4-2-9)14(19,20)15(21,22)16(23,24)17(25,26)27/h5-10H,1-4H2. The van der Waals surface area contributed by atoms with Gasteiger partial charge in [0, 0.05) is 5.92 Å². The van der Waals surface area contributed by atoms with Gasteiger partial charge in [0.25, 0.3) is 0 Å². The van der Waals surface area contributed by atoms with Crippen molar-refractivity contribution in [3.8, 4) is 5.75 Å². The maximum atomic E-state index is 13.9. The number of hydrogen-bond acceptors (Lipinski definition) is 2. The van der Waals surface area contributed by atoms with Crippen LogP contribution in [0, 0.1) is 17.7 Å². The molecule has 0 aliphatic heterocycles. The fourth-order valence-corrected chi connectivity index (χ4v) is 3.04. The van der Waals surface area contributed by atoms with Crippen LogP contribution in [-0.2, 0) is 4.79 Å². The molecule has 1 aliphatic rings. The molecule has 0 heterocycles. The number of carbonyl (C=O) groups is 1. The Kier molecular flexibility index (Phi) is 6.16. The molecule has 0 amide bonds. The number of esters is 1. The number of benzene rings is 1. The van der Waals surface area contributed by atoms with E-state index < -0.39 is 73.2 Å². The lowest BCUT2D eigenvalue weighted by Gasteiger charge is -2.39. The van der Waals surface area contributed by atoms with Crippen LogP contribution < -0.4 is 4.74 Å². The molecule has 1 saturated carbocycles. The van der Waals surface area contributed by atoms with E-state index in [4.69, 9.17) is 4.74 Å². The first kappa shape index (κ1) is 23.3. The van der Waals surface area contributed by atoms with Gasteiger partial charge >= 0.3 is 29.9 Å². The first-order chi connectivity index (χ1) is 13.1. The molecule has 12 heteroatoms. The highest BCUT2D eigenvalue weighted by atomic mass is 19.4. The van der Waals surface area contributed by atoms with E-state index in [2.05, 4.69) is 0 Å². The van der Waals surface area contributed by atoms with Gasteiger partial charge in [-0.15, -0.1) is 0 Å². The van der Waals surface area contributed by atoms with Crippen LogP contribution in [-0.4, -0.2) is 29.9 Å². The highest BCUT2D eigenvalue weighted by Gasteiger charge is 2.82. The van der Waals surface area contributed by atoms with Gasteiger partial charge in [0.15, 0.2) is 0 Å². The van der Waals surface area contributed by atoms with Gasteiger partial charge in [-0.1, -0.05) is 0 Å². The third-order valence-electron chi connectivity index (χ3n) is 4.77. The average Bonchev–Trinajstić information content (AvgIpc) is 2.62. The number of ether oxygens (including phenoxy) is 1. The SMILES string of the molecule is O=C(Oc1ccc(F)cc1)C1CCC(C(F)(F)C(F)(F)C(F)(F)C(F)(F)F)CC1. The Morgan fingerprint density at radius 2 is 1.28 bits per heavy atom. The average molecular weight is 440 g/mol. The Bertz CT molecular complexity index is 719. The molecular formula is C17H14F10O2. The summed E-state index contributed by atoms with van der Waals surface area (Å²) in [6, 6.07) is 4.16. The summed E-state index contributed by atoms with van der Waals surface area (Å²) in [5.41, 5.74) is 0. The zero-order valence-electron chi connectivity index (χ0n) is 14.4. The van der Waals surface area contributed by atoms with Crippen molar-refractivity contribution in [2.75, 3.05) is 0 Å². The number of halogens is 10. The summed E-state index contributed by atoms with van der Waals surface area (Å²) in [5.74, 6) is -24.4. The van der Waals surface area contributed by atoms with Gasteiger partial charge in [-0.2, -0.15) is 39.5 Å². The Balaban J connectivity index is 2.05. The Morgan fingerprint density at radius 3 is 1.72 bits per heavy atom. The van der Waals surface area contributed by atoms with E-state index in [1.54, 1.807) is 0 Å². The molecule has 2 nitrogen and oxygen atoms in total. The second kappa shape index (κ2) is 7.67. The lowest BCUT2D eigenvalue weighted by molar-refractivity contribution is -0.404. The van der Waals surface area contributed by atoms with E-state index in [9.17, 15) is 48.7 Å². The van der Waals surface area contributed by atoms with Crippen LogP contribution in [0.1, 0.15) is 25.7 Å². The summed E-state index contributed by atoms with van der Waals surface area (Å²) < 4.78 is 135. The van der Waals surface area contributed by atoms with Crippen molar-refractivity contribution < 1.29 is 53.4 Å². The van der Waals surface area contributed by atoms with Crippen LogP contribution in [0.15, 0.2) is 24.3 Å². The van der Waals surface area contributed by atoms with Crippen LogP contribution in [0.3, 0.4) is 0 Å². The van der Waals surface area contributed by atoms with Crippen LogP contribution in [0.25, 0.3) is 0 Å². The lowest BCUT2D eigenvalue weighted by Crippen LogP contribution is -2.63. The number of rotatable bonds is 5. The van der Waals surface area contributed by atoms with E-state index >= 15 is 0 Å². The fourth-order valence-electron chi connectivity index (χ4n) is 3.04. The van der Waals surface area contributed by atoms with E-state index in [0.717, 1.165) is 24.3 Å². The van der Waals surface area contributed by atoms with E-state index in [-0.39, 0.29) is 5.75 Å². The van der Waals surface area contributed by atoms with Gasteiger partial charge < -0.3 is 4.74 Å². The summed E-state index contributed by atoms with van der Waals surface area (Å²) in [6.07, 6.45) is -9.60. The zero-order valence-corrected chi connectivity index (χ0v) is 14.4. The molecule has 0 radical (unpaired) electrons. The van der Waals surface area contributed by atoms with Crippen molar-refractivity contribution in [1.82, 2.24) is 0 Å². The summed E-state index contributed by atoms with van der Waals surface area (Å²) in [4.78, 5) is 12.0. The number of carbonyl (C=O) groups excluding carboxylic acids is 1. The number of alkyl halides is 9. The van der Waals surface area contributed by atoms with Crippen molar-refractivity contribution in [1.29, 1.82) is 0 Å². The van der Waals surface area contributed by atoms with Crippen LogP contribution in [0.5, 0.6) is 5.75 Å². The zero-order chi connectivity index (χ0) is 22.3. The summed E-state index contributed by atoms with van der Waals surface area (Å²) in [6.45, 7) is 0. The van der Waals surface area contributed by atoms with Crippen molar-refractivity contribution >= 4 is 5.97 Å². The largest absolute Gasteiger partial charge is 0.460 e. The molecule has 0 atom stereocenters. The first-order valence-corrected chi connectivity index (χ1v) is 8.28. The van der Waals surface area contributed by atoms with Gasteiger partial charge in [0.1, 0.15) is 11.6 Å². The predicted octanol–water partition coefficient (Wildman–Crippen LogP) is 6.01. The molecule has 0 unspecified atom stereocenters. The van der Waals surface area contributed by atoms with E-state index in [0.29, 0.717) is 0 Å². The Morgan fingerprint density at radius 1 is 0.793 bits per heavy atom. The normalized spacial score (nSPS) is 21.7. The molecular weight excluding hydrogens is 426 g/mol. The van der Waals surface area contributed by atoms with Crippen molar-refractivity contribution in [2.45, 2.75) is 49.6 Å².